The van der Waals surface area contributed by atoms with Gasteiger partial charge in [0.05, 0.1) is 28.0 Å². The molecule has 0 aromatic carbocycles. The van der Waals surface area contributed by atoms with Gasteiger partial charge in [0.15, 0.2) is 0 Å². The lowest BCUT2D eigenvalue weighted by Crippen LogP contribution is -2.66. The minimum atomic E-state index is -3.76. The van der Waals surface area contributed by atoms with Crippen molar-refractivity contribution in [1.82, 2.24) is 25.2 Å². The van der Waals surface area contributed by atoms with Crippen molar-refractivity contribution < 1.29 is 18.0 Å². The van der Waals surface area contributed by atoms with Gasteiger partial charge >= 0.3 is 6.03 Å². The largest absolute Gasteiger partial charge is 0.327 e. The molecule has 3 amide bonds. The molecule has 0 radical (unpaired) electrons. The highest BCUT2D eigenvalue weighted by Gasteiger charge is 2.54. The molecule has 2 saturated carbocycles. The summed E-state index contributed by atoms with van der Waals surface area (Å²) in [4.78, 5) is 30.7. The van der Waals surface area contributed by atoms with Gasteiger partial charge in [-0.1, -0.05) is 0 Å². The van der Waals surface area contributed by atoms with Crippen molar-refractivity contribution in [3.05, 3.63) is 0 Å². The van der Waals surface area contributed by atoms with Crippen LogP contribution in [0.5, 0.6) is 0 Å². The van der Waals surface area contributed by atoms with Gasteiger partial charge in [0.25, 0.3) is 0 Å². The normalized spacial score (nSPS) is 40.3. The van der Waals surface area contributed by atoms with Crippen LogP contribution in [0, 0.1) is 17.2 Å². The Kier molecular flexibility index (Phi) is 7.33. The first kappa shape index (κ1) is 26.6. The highest BCUT2D eigenvalue weighted by Crippen LogP contribution is 2.41. The summed E-state index contributed by atoms with van der Waals surface area (Å²) < 4.78 is 29.0. The Morgan fingerprint density at radius 3 is 2.47 bits per heavy atom. The topological polar surface area (TPSA) is 135 Å². The van der Waals surface area contributed by atoms with Crippen molar-refractivity contribution in [2.24, 2.45) is 5.92 Å². The first-order valence-electron chi connectivity index (χ1n) is 12.9. The summed E-state index contributed by atoms with van der Waals surface area (Å²) in [5.41, 5.74) is -0.983. The molecule has 5 fully saturated rings. The van der Waals surface area contributed by atoms with E-state index in [0.29, 0.717) is 44.1 Å². The SMILES string of the molecule is CC1NCC(CN2C(=O)C3CC(S(=O)(=O)NC4(C#N)CC4)CCC3N(CC3SC(C)NC3C)C2=O)S1. The van der Waals surface area contributed by atoms with Crippen molar-refractivity contribution in [2.45, 2.75) is 97.0 Å². The molecule has 13 heteroatoms. The van der Waals surface area contributed by atoms with E-state index >= 15 is 0 Å². The molecule has 0 bridgehead atoms. The summed E-state index contributed by atoms with van der Waals surface area (Å²) in [5, 5.41) is 16.4. The average molecular weight is 557 g/mol. The number of sulfonamides is 1. The number of hydrogen-bond acceptors (Lipinski definition) is 9. The molecule has 5 aliphatic rings. The molecule has 3 N–H and O–H groups in total. The number of urea groups is 1. The summed E-state index contributed by atoms with van der Waals surface area (Å²) in [5.74, 6) is -0.805. The maximum atomic E-state index is 13.8. The van der Waals surface area contributed by atoms with E-state index < -0.39 is 26.7 Å². The third-order valence-corrected chi connectivity index (χ3v) is 12.9. The van der Waals surface area contributed by atoms with E-state index in [2.05, 4.69) is 42.2 Å². The molecule has 36 heavy (non-hydrogen) atoms. The van der Waals surface area contributed by atoms with Gasteiger partial charge in [0.1, 0.15) is 5.54 Å². The lowest BCUT2D eigenvalue weighted by molar-refractivity contribution is -0.140. The van der Waals surface area contributed by atoms with Crippen molar-refractivity contribution >= 4 is 45.5 Å². The van der Waals surface area contributed by atoms with Gasteiger partial charge in [-0.15, -0.1) is 23.5 Å². The molecule has 5 rings (SSSR count). The van der Waals surface area contributed by atoms with E-state index in [0.717, 1.165) is 6.54 Å². The van der Waals surface area contributed by atoms with E-state index in [-0.39, 0.29) is 46.3 Å². The molecule has 0 aromatic heterocycles. The zero-order valence-electron chi connectivity index (χ0n) is 21.0. The van der Waals surface area contributed by atoms with Gasteiger partial charge in [-0.25, -0.2) is 13.2 Å². The lowest BCUT2D eigenvalue weighted by Gasteiger charge is -2.49. The number of nitriles is 1. The Hall–Kier alpha value is -1.04. The van der Waals surface area contributed by atoms with Crippen LogP contribution in [0.15, 0.2) is 0 Å². The Balaban J connectivity index is 1.37. The summed E-state index contributed by atoms with van der Waals surface area (Å²) in [6.07, 6.45) is 2.05. The highest BCUT2D eigenvalue weighted by molar-refractivity contribution is 8.01. The lowest BCUT2D eigenvalue weighted by atomic mass is 9.80. The number of thioether (sulfide) groups is 2. The van der Waals surface area contributed by atoms with Crippen molar-refractivity contribution in [2.75, 3.05) is 19.6 Å². The Morgan fingerprint density at radius 2 is 1.89 bits per heavy atom. The molecule has 10 nitrogen and oxygen atoms in total. The fraction of sp³-hybridized carbons (Fsp3) is 0.870. The zero-order valence-corrected chi connectivity index (χ0v) is 23.4. The predicted molar refractivity (Wildman–Crippen MR) is 141 cm³/mol. The van der Waals surface area contributed by atoms with Crippen LogP contribution in [0.25, 0.3) is 0 Å². The first-order valence-corrected chi connectivity index (χ1v) is 16.3. The number of amides is 3. The minimum Gasteiger partial charge on any atom is -0.319 e. The number of nitrogens with one attached hydrogen (secondary N) is 3. The first-order chi connectivity index (χ1) is 17.0. The monoisotopic (exact) mass is 556 g/mol. The quantitative estimate of drug-likeness (QED) is 0.423. The van der Waals surface area contributed by atoms with E-state index in [1.54, 1.807) is 23.5 Å². The molecular weight excluding hydrogens is 520 g/mol. The van der Waals surface area contributed by atoms with Gasteiger partial charge in [-0.2, -0.15) is 9.98 Å². The summed E-state index contributed by atoms with van der Waals surface area (Å²) in [6, 6.07) is 1.79. The molecule has 3 heterocycles. The van der Waals surface area contributed by atoms with Crippen LogP contribution in [0.3, 0.4) is 0 Å². The van der Waals surface area contributed by atoms with Crippen LogP contribution in [-0.2, 0) is 14.8 Å². The van der Waals surface area contributed by atoms with Gasteiger partial charge < -0.3 is 15.5 Å². The molecule has 8 unspecified atom stereocenters. The van der Waals surface area contributed by atoms with E-state index in [1.807, 2.05) is 4.90 Å². The van der Waals surface area contributed by atoms with Gasteiger partial charge in [0.2, 0.25) is 15.9 Å². The predicted octanol–water partition coefficient (Wildman–Crippen LogP) is 1.25. The zero-order chi connectivity index (χ0) is 25.8. The molecule has 0 aromatic rings. The number of carbonyl (C=O) groups excluding carboxylic acids is 2. The second-order valence-electron chi connectivity index (χ2n) is 10.9. The number of fused-ring (bicyclic) bond motifs is 1. The number of rotatable bonds is 7. The summed E-state index contributed by atoms with van der Waals surface area (Å²) >= 11 is 3.53. The summed E-state index contributed by atoms with van der Waals surface area (Å²) in [7, 11) is -3.76. The van der Waals surface area contributed by atoms with Crippen LogP contribution in [0.2, 0.25) is 0 Å². The number of imide groups is 1. The van der Waals surface area contributed by atoms with Crippen LogP contribution < -0.4 is 15.4 Å². The van der Waals surface area contributed by atoms with Crippen molar-refractivity contribution in [3.8, 4) is 6.07 Å². The molecule has 3 saturated heterocycles. The summed E-state index contributed by atoms with van der Waals surface area (Å²) in [6.45, 7) is 7.89. The number of carbonyl (C=O) groups is 2. The third kappa shape index (κ3) is 5.14. The molecular formula is C23H36N6O4S3. The second-order valence-corrected chi connectivity index (χ2v) is 16.1. The number of nitrogens with zero attached hydrogens (tertiary/aromatic N) is 3. The molecule has 8 atom stereocenters. The molecule has 2 aliphatic carbocycles. The Morgan fingerprint density at radius 1 is 1.14 bits per heavy atom. The molecule has 3 aliphatic heterocycles. The maximum absolute atomic E-state index is 13.8. The van der Waals surface area contributed by atoms with Crippen LogP contribution in [0.4, 0.5) is 4.79 Å². The fourth-order valence-corrected chi connectivity index (χ4v) is 10.5. The van der Waals surface area contributed by atoms with E-state index in [4.69, 9.17) is 0 Å². The Bertz CT molecular complexity index is 1050. The number of hydrogen-bond donors (Lipinski definition) is 3. The van der Waals surface area contributed by atoms with Crippen LogP contribution >= 0.6 is 23.5 Å². The third-order valence-electron chi connectivity index (χ3n) is 8.19. The molecule has 0 spiro atoms. The standard InChI is InChI=1S/C23H36N6O4S3/c1-13-20(35-15(3)26-13)11-28-19-5-4-17(36(32,33)27-23(12-24)6-7-23)8-18(19)21(30)29(22(28)31)10-16-9-25-14(2)34-16/h13-20,25-27H,4-11H2,1-3H3. The van der Waals surface area contributed by atoms with E-state index in [1.165, 1.54) is 4.90 Å². The smallest absolute Gasteiger partial charge is 0.319 e. The van der Waals surface area contributed by atoms with Crippen LogP contribution in [0.1, 0.15) is 52.9 Å². The minimum absolute atomic E-state index is 0.114. The van der Waals surface area contributed by atoms with Gasteiger partial charge in [-0.05, 0) is 52.9 Å². The van der Waals surface area contributed by atoms with Crippen molar-refractivity contribution in [1.29, 1.82) is 5.26 Å². The van der Waals surface area contributed by atoms with E-state index in [9.17, 15) is 23.3 Å². The van der Waals surface area contributed by atoms with Crippen molar-refractivity contribution in [3.63, 3.8) is 0 Å². The second kappa shape index (κ2) is 9.93. The molecule has 200 valence electrons. The van der Waals surface area contributed by atoms with Gasteiger partial charge in [0, 0.05) is 42.2 Å². The fourth-order valence-electron chi connectivity index (χ4n) is 6.01. The van der Waals surface area contributed by atoms with Crippen LogP contribution in [-0.4, -0.2) is 93.9 Å². The van der Waals surface area contributed by atoms with Gasteiger partial charge in [-0.3, -0.25) is 9.69 Å². The Labute approximate surface area is 222 Å². The maximum Gasteiger partial charge on any atom is 0.327 e. The average Bonchev–Trinajstić information content (AvgIpc) is 3.35. The highest BCUT2D eigenvalue weighted by atomic mass is 32.2.